The Bertz CT molecular complexity index is 1020. The van der Waals surface area contributed by atoms with E-state index in [9.17, 15) is 4.79 Å². The fourth-order valence-corrected chi connectivity index (χ4v) is 4.13. The highest BCUT2D eigenvalue weighted by Gasteiger charge is 2.30. The van der Waals surface area contributed by atoms with E-state index in [1.807, 2.05) is 84.6 Å². The summed E-state index contributed by atoms with van der Waals surface area (Å²) in [6.07, 6.45) is 1.53. The van der Waals surface area contributed by atoms with Crippen molar-refractivity contribution in [1.82, 2.24) is 14.9 Å². The smallest absolute Gasteiger partial charge is 0.230 e. The molecule has 154 valence electrons. The Morgan fingerprint density at radius 2 is 1.70 bits per heavy atom. The van der Waals surface area contributed by atoms with Gasteiger partial charge in [0, 0.05) is 38.2 Å². The summed E-state index contributed by atoms with van der Waals surface area (Å²) in [5.41, 5.74) is 4.20. The summed E-state index contributed by atoms with van der Waals surface area (Å²) in [5.74, 6) is 1.71. The molecule has 2 heterocycles. The second-order valence-corrected chi connectivity index (χ2v) is 7.94. The van der Waals surface area contributed by atoms with E-state index in [1.54, 1.807) is 0 Å². The average molecular weight is 401 g/mol. The summed E-state index contributed by atoms with van der Waals surface area (Å²) in [5, 5.41) is 0. The standard InChI is InChI=1S/C25H28N4O/c1-4-20(18-11-7-5-8-12-18)25(30)29-16-15-22-21(17-29)24(28(2)3)27-23(26-22)19-13-9-6-10-14-19/h5-14,20H,4,15-17H2,1-3H3/t20-/m0/s1. The molecule has 3 aromatic rings. The van der Waals surface area contributed by atoms with Crippen LogP contribution in [0.4, 0.5) is 5.82 Å². The number of carbonyl (C=O) groups excluding carboxylic acids is 1. The number of rotatable bonds is 5. The predicted octanol–water partition coefficient (Wildman–Crippen LogP) is 4.29. The Morgan fingerprint density at radius 1 is 1.03 bits per heavy atom. The molecule has 1 aliphatic rings. The Labute approximate surface area is 178 Å². The van der Waals surface area contributed by atoms with Crippen molar-refractivity contribution < 1.29 is 4.79 Å². The Hall–Kier alpha value is -3.21. The molecule has 2 aromatic carbocycles. The van der Waals surface area contributed by atoms with Gasteiger partial charge in [0.15, 0.2) is 5.82 Å². The van der Waals surface area contributed by atoms with Crippen molar-refractivity contribution in [3.8, 4) is 11.4 Å². The number of hydrogen-bond donors (Lipinski definition) is 0. The molecule has 5 heteroatoms. The lowest BCUT2D eigenvalue weighted by atomic mass is 9.93. The molecule has 1 amide bonds. The first-order valence-electron chi connectivity index (χ1n) is 10.5. The van der Waals surface area contributed by atoms with Crippen LogP contribution in [0, 0.1) is 0 Å². The molecular formula is C25H28N4O. The molecule has 0 bridgehead atoms. The quantitative estimate of drug-likeness (QED) is 0.641. The fourth-order valence-electron chi connectivity index (χ4n) is 4.13. The van der Waals surface area contributed by atoms with E-state index < -0.39 is 0 Å². The number of anilines is 1. The van der Waals surface area contributed by atoms with Gasteiger partial charge in [-0.15, -0.1) is 0 Å². The summed E-state index contributed by atoms with van der Waals surface area (Å²) in [6, 6.07) is 20.1. The van der Waals surface area contributed by atoms with E-state index >= 15 is 0 Å². The van der Waals surface area contributed by atoms with E-state index in [0.29, 0.717) is 13.1 Å². The summed E-state index contributed by atoms with van der Waals surface area (Å²) >= 11 is 0. The molecular weight excluding hydrogens is 372 g/mol. The number of aromatic nitrogens is 2. The zero-order chi connectivity index (χ0) is 21.1. The van der Waals surface area contributed by atoms with Crippen molar-refractivity contribution in [2.45, 2.75) is 32.2 Å². The van der Waals surface area contributed by atoms with E-state index in [4.69, 9.17) is 9.97 Å². The normalized spacial score (nSPS) is 14.2. The lowest BCUT2D eigenvalue weighted by Gasteiger charge is -2.33. The Balaban J connectivity index is 1.65. The topological polar surface area (TPSA) is 49.3 Å². The van der Waals surface area contributed by atoms with Gasteiger partial charge >= 0.3 is 0 Å². The second kappa shape index (κ2) is 8.66. The molecule has 0 aliphatic carbocycles. The highest BCUT2D eigenvalue weighted by molar-refractivity contribution is 5.84. The maximum Gasteiger partial charge on any atom is 0.230 e. The van der Waals surface area contributed by atoms with Crippen molar-refractivity contribution in [2.75, 3.05) is 25.5 Å². The van der Waals surface area contributed by atoms with Crippen LogP contribution >= 0.6 is 0 Å². The van der Waals surface area contributed by atoms with Gasteiger partial charge in [0.25, 0.3) is 0 Å². The van der Waals surface area contributed by atoms with Gasteiger partial charge in [0.1, 0.15) is 5.82 Å². The van der Waals surface area contributed by atoms with Crippen molar-refractivity contribution in [3.05, 3.63) is 77.5 Å². The Kier molecular flexibility index (Phi) is 5.79. The number of carbonyl (C=O) groups is 1. The summed E-state index contributed by atoms with van der Waals surface area (Å²) in [4.78, 5) is 27.1. The van der Waals surface area contributed by atoms with E-state index in [-0.39, 0.29) is 11.8 Å². The minimum absolute atomic E-state index is 0.111. The highest BCUT2D eigenvalue weighted by atomic mass is 16.2. The SMILES string of the molecule is CC[C@H](C(=O)N1CCc2nc(-c3ccccc3)nc(N(C)C)c2C1)c1ccccc1. The van der Waals surface area contributed by atoms with Crippen molar-refractivity contribution in [3.63, 3.8) is 0 Å². The molecule has 0 saturated heterocycles. The summed E-state index contributed by atoms with van der Waals surface area (Å²) in [7, 11) is 3.99. The predicted molar refractivity (Wildman–Crippen MR) is 120 cm³/mol. The van der Waals surface area contributed by atoms with Gasteiger partial charge in [-0.3, -0.25) is 4.79 Å². The van der Waals surface area contributed by atoms with Crippen LogP contribution in [0.5, 0.6) is 0 Å². The van der Waals surface area contributed by atoms with Crippen LogP contribution in [0.3, 0.4) is 0 Å². The lowest BCUT2D eigenvalue weighted by molar-refractivity contribution is -0.133. The van der Waals surface area contributed by atoms with Crippen LogP contribution in [-0.4, -0.2) is 41.4 Å². The third-order valence-corrected chi connectivity index (χ3v) is 5.71. The number of hydrogen-bond acceptors (Lipinski definition) is 4. The average Bonchev–Trinajstić information content (AvgIpc) is 2.79. The maximum atomic E-state index is 13.4. The third-order valence-electron chi connectivity index (χ3n) is 5.71. The Morgan fingerprint density at radius 3 is 2.33 bits per heavy atom. The highest BCUT2D eigenvalue weighted by Crippen LogP contribution is 2.31. The zero-order valence-electron chi connectivity index (χ0n) is 17.9. The number of fused-ring (bicyclic) bond motifs is 1. The van der Waals surface area contributed by atoms with Gasteiger partial charge in [0.2, 0.25) is 5.91 Å². The third kappa shape index (κ3) is 3.92. The van der Waals surface area contributed by atoms with Gasteiger partial charge in [-0.1, -0.05) is 67.6 Å². The minimum Gasteiger partial charge on any atom is -0.362 e. The molecule has 0 saturated carbocycles. The first-order valence-corrected chi connectivity index (χ1v) is 10.5. The minimum atomic E-state index is -0.111. The lowest BCUT2D eigenvalue weighted by Crippen LogP contribution is -2.40. The van der Waals surface area contributed by atoms with Gasteiger partial charge in [-0.25, -0.2) is 9.97 Å². The maximum absolute atomic E-state index is 13.4. The van der Waals surface area contributed by atoms with Crippen LogP contribution in [-0.2, 0) is 17.8 Å². The molecule has 0 fully saturated rings. The van der Waals surface area contributed by atoms with Crippen LogP contribution in [0.15, 0.2) is 60.7 Å². The molecule has 0 radical (unpaired) electrons. The van der Waals surface area contributed by atoms with Crippen LogP contribution in [0.1, 0.15) is 36.1 Å². The van der Waals surface area contributed by atoms with E-state index in [2.05, 4.69) is 6.92 Å². The van der Waals surface area contributed by atoms with Crippen molar-refractivity contribution in [2.24, 2.45) is 0 Å². The summed E-state index contributed by atoms with van der Waals surface area (Å²) in [6.45, 7) is 3.32. The molecule has 4 rings (SSSR count). The summed E-state index contributed by atoms with van der Waals surface area (Å²) < 4.78 is 0. The van der Waals surface area contributed by atoms with Crippen LogP contribution < -0.4 is 4.90 Å². The molecule has 30 heavy (non-hydrogen) atoms. The van der Waals surface area contributed by atoms with Gasteiger partial charge in [0.05, 0.1) is 18.2 Å². The molecule has 1 aliphatic heterocycles. The van der Waals surface area contributed by atoms with Crippen molar-refractivity contribution in [1.29, 1.82) is 0 Å². The van der Waals surface area contributed by atoms with Gasteiger partial charge in [-0.05, 0) is 12.0 Å². The van der Waals surface area contributed by atoms with Crippen molar-refractivity contribution >= 4 is 11.7 Å². The van der Waals surface area contributed by atoms with Crippen LogP contribution in [0.25, 0.3) is 11.4 Å². The molecule has 0 N–H and O–H groups in total. The largest absolute Gasteiger partial charge is 0.362 e. The molecule has 1 aromatic heterocycles. The zero-order valence-corrected chi connectivity index (χ0v) is 17.9. The number of benzene rings is 2. The number of amides is 1. The first-order chi connectivity index (χ1) is 14.6. The molecule has 0 unspecified atom stereocenters. The molecule has 1 atom stereocenters. The molecule has 0 spiro atoms. The van der Waals surface area contributed by atoms with Crippen LogP contribution in [0.2, 0.25) is 0 Å². The molecule has 5 nitrogen and oxygen atoms in total. The van der Waals surface area contributed by atoms with E-state index in [0.717, 1.165) is 46.9 Å². The van der Waals surface area contributed by atoms with Gasteiger partial charge < -0.3 is 9.80 Å². The fraction of sp³-hybridized carbons (Fsp3) is 0.320. The monoisotopic (exact) mass is 400 g/mol. The number of nitrogens with zero attached hydrogens (tertiary/aromatic N) is 4. The first kappa shape index (κ1) is 20.1. The second-order valence-electron chi connectivity index (χ2n) is 7.94. The van der Waals surface area contributed by atoms with E-state index in [1.165, 1.54) is 0 Å². The van der Waals surface area contributed by atoms with Gasteiger partial charge in [-0.2, -0.15) is 0 Å².